The molecule has 24 heavy (non-hydrogen) atoms. The highest BCUT2D eigenvalue weighted by Crippen LogP contribution is 2.28. The van der Waals surface area contributed by atoms with Crippen molar-refractivity contribution >= 4 is 17.7 Å². The predicted octanol–water partition coefficient (Wildman–Crippen LogP) is 4.02. The summed E-state index contributed by atoms with van der Waals surface area (Å²) in [6.07, 6.45) is 2.75. The van der Waals surface area contributed by atoms with Crippen LogP contribution in [0.25, 0.3) is 6.08 Å². The number of anilines is 1. The summed E-state index contributed by atoms with van der Waals surface area (Å²) < 4.78 is 37.2. The van der Waals surface area contributed by atoms with E-state index in [9.17, 15) is 13.6 Å². The highest BCUT2D eigenvalue weighted by atomic mass is 19.1. The van der Waals surface area contributed by atoms with E-state index >= 15 is 0 Å². The van der Waals surface area contributed by atoms with E-state index < -0.39 is 17.5 Å². The number of carbonyl (C=O) groups excluding carboxylic acids is 1. The van der Waals surface area contributed by atoms with Gasteiger partial charge >= 0.3 is 0 Å². The largest absolute Gasteiger partial charge is 0.493 e. The van der Waals surface area contributed by atoms with Gasteiger partial charge in [-0.15, -0.1) is 0 Å². The number of carbonyl (C=O) groups is 1. The van der Waals surface area contributed by atoms with Gasteiger partial charge in [-0.3, -0.25) is 4.79 Å². The van der Waals surface area contributed by atoms with Crippen LogP contribution in [0.3, 0.4) is 0 Å². The number of methoxy groups -OCH3 is 1. The van der Waals surface area contributed by atoms with E-state index in [0.29, 0.717) is 23.7 Å². The maximum absolute atomic E-state index is 13.5. The molecule has 1 amide bonds. The van der Waals surface area contributed by atoms with Gasteiger partial charge in [0.1, 0.15) is 11.6 Å². The lowest BCUT2D eigenvalue weighted by Crippen LogP contribution is -2.09. The number of benzene rings is 2. The molecule has 2 aromatic rings. The lowest BCUT2D eigenvalue weighted by Gasteiger charge is -2.09. The van der Waals surface area contributed by atoms with Crippen LogP contribution in [0.5, 0.6) is 11.5 Å². The topological polar surface area (TPSA) is 47.6 Å². The van der Waals surface area contributed by atoms with Crippen molar-refractivity contribution in [2.75, 3.05) is 19.0 Å². The summed E-state index contributed by atoms with van der Waals surface area (Å²) in [5.41, 5.74) is 0.485. The first-order valence-electron chi connectivity index (χ1n) is 7.28. The average Bonchev–Trinajstić information content (AvgIpc) is 2.57. The van der Waals surface area contributed by atoms with Gasteiger partial charge in [-0.2, -0.15) is 0 Å². The minimum atomic E-state index is -0.708. The molecule has 4 nitrogen and oxygen atoms in total. The Kier molecular flexibility index (Phi) is 5.89. The van der Waals surface area contributed by atoms with Gasteiger partial charge in [0.2, 0.25) is 5.91 Å². The Morgan fingerprint density at radius 1 is 1.17 bits per heavy atom. The summed E-state index contributed by atoms with van der Waals surface area (Å²) in [6.45, 7) is 2.37. The summed E-state index contributed by atoms with van der Waals surface area (Å²) in [7, 11) is 1.52. The van der Waals surface area contributed by atoms with Crippen LogP contribution in [0, 0.1) is 11.6 Å². The first kappa shape index (κ1) is 17.5. The third kappa shape index (κ3) is 4.55. The second kappa shape index (κ2) is 8.10. The van der Waals surface area contributed by atoms with Crippen molar-refractivity contribution in [1.29, 1.82) is 0 Å². The lowest BCUT2D eigenvalue weighted by atomic mass is 10.2. The van der Waals surface area contributed by atoms with Crippen LogP contribution in [0.2, 0.25) is 0 Å². The Morgan fingerprint density at radius 2 is 1.96 bits per heavy atom. The van der Waals surface area contributed by atoms with E-state index in [0.717, 1.165) is 18.2 Å². The highest BCUT2D eigenvalue weighted by molar-refractivity contribution is 6.02. The molecule has 0 saturated carbocycles. The Morgan fingerprint density at radius 3 is 2.67 bits per heavy atom. The van der Waals surface area contributed by atoms with Crippen molar-refractivity contribution in [3.8, 4) is 11.5 Å². The van der Waals surface area contributed by atoms with Crippen molar-refractivity contribution in [2.45, 2.75) is 6.92 Å². The minimum absolute atomic E-state index is 0.214. The molecular formula is C18H17F2NO3. The summed E-state index contributed by atoms with van der Waals surface area (Å²) in [4.78, 5) is 11.8. The van der Waals surface area contributed by atoms with Gasteiger partial charge in [-0.05, 0) is 42.8 Å². The van der Waals surface area contributed by atoms with Crippen molar-refractivity contribution < 1.29 is 23.0 Å². The van der Waals surface area contributed by atoms with E-state index in [2.05, 4.69) is 5.32 Å². The SMILES string of the molecule is CCOc1ccc(/C=C/C(=O)Nc2cc(F)ccc2F)cc1OC. The van der Waals surface area contributed by atoms with Gasteiger partial charge in [0.05, 0.1) is 19.4 Å². The fourth-order valence-electron chi connectivity index (χ4n) is 2.00. The third-order valence-corrected chi connectivity index (χ3v) is 3.10. The van der Waals surface area contributed by atoms with Gasteiger partial charge in [-0.1, -0.05) is 6.07 Å². The molecule has 0 fully saturated rings. The van der Waals surface area contributed by atoms with Crippen LogP contribution in [0.4, 0.5) is 14.5 Å². The van der Waals surface area contributed by atoms with E-state index in [4.69, 9.17) is 9.47 Å². The first-order valence-corrected chi connectivity index (χ1v) is 7.28. The van der Waals surface area contributed by atoms with Crippen molar-refractivity contribution in [1.82, 2.24) is 0 Å². The fraction of sp³-hybridized carbons (Fsp3) is 0.167. The van der Waals surface area contributed by atoms with Crippen LogP contribution in [0.1, 0.15) is 12.5 Å². The average molecular weight is 333 g/mol. The Bertz CT molecular complexity index is 760. The lowest BCUT2D eigenvalue weighted by molar-refractivity contribution is -0.111. The number of hydrogen-bond acceptors (Lipinski definition) is 3. The maximum atomic E-state index is 13.5. The van der Waals surface area contributed by atoms with E-state index in [1.54, 1.807) is 18.2 Å². The van der Waals surface area contributed by atoms with E-state index in [1.807, 2.05) is 6.92 Å². The number of amides is 1. The number of hydrogen-bond donors (Lipinski definition) is 1. The van der Waals surface area contributed by atoms with E-state index in [-0.39, 0.29) is 5.69 Å². The molecule has 0 aliphatic carbocycles. The van der Waals surface area contributed by atoms with Crippen LogP contribution in [-0.4, -0.2) is 19.6 Å². The minimum Gasteiger partial charge on any atom is -0.493 e. The number of halogens is 2. The Labute approximate surface area is 138 Å². The first-order chi connectivity index (χ1) is 11.5. The zero-order chi connectivity index (χ0) is 17.5. The summed E-state index contributed by atoms with van der Waals surface area (Å²) in [5.74, 6) is -0.779. The molecule has 0 spiro atoms. The second-order valence-electron chi connectivity index (χ2n) is 4.79. The monoisotopic (exact) mass is 333 g/mol. The molecule has 1 N–H and O–H groups in total. The molecule has 0 unspecified atom stereocenters. The molecule has 0 radical (unpaired) electrons. The Hall–Kier alpha value is -2.89. The molecule has 0 aliphatic heterocycles. The van der Waals surface area contributed by atoms with Crippen LogP contribution in [0.15, 0.2) is 42.5 Å². The van der Waals surface area contributed by atoms with Gasteiger partial charge in [0.25, 0.3) is 0 Å². The van der Waals surface area contributed by atoms with Crippen LogP contribution in [-0.2, 0) is 4.79 Å². The number of rotatable bonds is 6. The number of ether oxygens (including phenoxy) is 2. The van der Waals surface area contributed by atoms with Crippen molar-refractivity contribution in [3.63, 3.8) is 0 Å². The molecule has 0 aliphatic rings. The zero-order valence-electron chi connectivity index (χ0n) is 13.3. The molecule has 0 atom stereocenters. The van der Waals surface area contributed by atoms with Gasteiger partial charge < -0.3 is 14.8 Å². The molecule has 0 heterocycles. The van der Waals surface area contributed by atoms with E-state index in [1.165, 1.54) is 19.3 Å². The third-order valence-electron chi connectivity index (χ3n) is 3.10. The Balaban J connectivity index is 2.09. The maximum Gasteiger partial charge on any atom is 0.248 e. The molecule has 2 aromatic carbocycles. The van der Waals surface area contributed by atoms with Gasteiger partial charge in [-0.25, -0.2) is 8.78 Å². The highest BCUT2D eigenvalue weighted by Gasteiger charge is 2.07. The summed E-state index contributed by atoms with van der Waals surface area (Å²) >= 11 is 0. The van der Waals surface area contributed by atoms with Gasteiger partial charge in [0, 0.05) is 12.1 Å². The molecule has 0 saturated heterocycles. The predicted molar refractivity (Wildman–Crippen MR) is 88.2 cm³/mol. The van der Waals surface area contributed by atoms with Crippen molar-refractivity contribution in [2.24, 2.45) is 0 Å². The fourth-order valence-corrected chi connectivity index (χ4v) is 2.00. The smallest absolute Gasteiger partial charge is 0.248 e. The summed E-state index contributed by atoms with van der Waals surface area (Å²) in [5, 5.41) is 2.28. The normalized spacial score (nSPS) is 10.7. The molecular weight excluding hydrogens is 316 g/mol. The number of nitrogens with one attached hydrogen (secondary N) is 1. The molecule has 0 aromatic heterocycles. The zero-order valence-corrected chi connectivity index (χ0v) is 13.3. The van der Waals surface area contributed by atoms with Crippen LogP contribution < -0.4 is 14.8 Å². The molecule has 6 heteroatoms. The summed E-state index contributed by atoms with van der Waals surface area (Å²) in [6, 6.07) is 8.03. The second-order valence-corrected chi connectivity index (χ2v) is 4.79. The quantitative estimate of drug-likeness (QED) is 0.812. The molecule has 0 bridgehead atoms. The molecule has 2 rings (SSSR count). The standard InChI is InChI=1S/C18H17F2NO3/c1-3-24-16-8-4-12(10-17(16)23-2)5-9-18(22)21-15-11-13(19)6-7-14(15)20/h4-11H,3H2,1-2H3,(H,21,22)/b9-5+. The van der Waals surface area contributed by atoms with Crippen LogP contribution >= 0.6 is 0 Å². The van der Waals surface area contributed by atoms with Gasteiger partial charge in [0.15, 0.2) is 11.5 Å². The van der Waals surface area contributed by atoms with Crippen molar-refractivity contribution in [3.05, 3.63) is 59.7 Å². The molecule has 126 valence electrons.